The zero-order chi connectivity index (χ0) is 14.7. The Morgan fingerprint density at radius 1 is 1.53 bits per heavy atom. The fourth-order valence-corrected chi connectivity index (χ4v) is 3.77. The Morgan fingerprint density at radius 3 is 2.53 bits per heavy atom. The van der Waals surface area contributed by atoms with E-state index in [0.29, 0.717) is 5.33 Å². The highest BCUT2D eigenvalue weighted by molar-refractivity contribution is 9.10. The predicted molar refractivity (Wildman–Crippen MR) is 73.2 cm³/mol. The van der Waals surface area contributed by atoms with E-state index < -0.39 is 22.1 Å². The summed E-state index contributed by atoms with van der Waals surface area (Å²) in [5.41, 5.74) is -1.28. The van der Waals surface area contributed by atoms with Crippen LogP contribution in [0.2, 0.25) is 0 Å². The molecule has 0 amide bonds. The Morgan fingerprint density at radius 2 is 2.11 bits per heavy atom. The average molecular weight is 403 g/mol. The van der Waals surface area contributed by atoms with Crippen molar-refractivity contribution in [2.24, 2.45) is 17.3 Å². The minimum absolute atomic E-state index is 0.125. The highest BCUT2D eigenvalue weighted by Gasteiger charge is 2.53. The van der Waals surface area contributed by atoms with Crippen molar-refractivity contribution in [1.82, 2.24) is 0 Å². The lowest BCUT2D eigenvalue weighted by Gasteiger charge is -2.20. The molecule has 108 valence electrons. The lowest BCUT2D eigenvalue weighted by atomic mass is 9.86. The number of nitriles is 1. The molecule has 3 atom stereocenters. The molecule has 0 saturated heterocycles. The molecule has 1 rings (SSSR count). The molecular formula is C12H15Br2F2NO2. The number of nitrogens with zero attached hydrogens (tertiary/aromatic N) is 1. The van der Waals surface area contributed by atoms with Crippen molar-refractivity contribution in [1.29, 1.82) is 5.26 Å². The second kappa shape index (κ2) is 6.49. The summed E-state index contributed by atoms with van der Waals surface area (Å²) >= 11 is 5.60. The van der Waals surface area contributed by atoms with E-state index in [4.69, 9.17) is 4.74 Å². The third kappa shape index (κ3) is 4.12. The van der Waals surface area contributed by atoms with E-state index in [1.807, 2.05) is 6.07 Å². The Kier molecular flexibility index (Phi) is 5.75. The van der Waals surface area contributed by atoms with Crippen LogP contribution in [0.4, 0.5) is 8.78 Å². The van der Waals surface area contributed by atoms with Crippen LogP contribution in [0.3, 0.4) is 0 Å². The first-order chi connectivity index (χ1) is 8.78. The Hall–Kier alpha value is -0.220. The van der Waals surface area contributed by atoms with Crippen LogP contribution in [-0.4, -0.2) is 22.7 Å². The van der Waals surface area contributed by atoms with Gasteiger partial charge < -0.3 is 4.74 Å². The monoisotopic (exact) mass is 401 g/mol. The van der Waals surface area contributed by atoms with Gasteiger partial charge in [0, 0.05) is 11.8 Å². The van der Waals surface area contributed by atoms with Crippen LogP contribution in [0, 0.1) is 28.6 Å². The van der Waals surface area contributed by atoms with Gasteiger partial charge in [-0.15, -0.1) is 0 Å². The lowest BCUT2D eigenvalue weighted by Crippen LogP contribution is -2.29. The van der Waals surface area contributed by atoms with Gasteiger partial charge in [-0.3, -0.25) is 4.79 Å². The highest BCUT2D eigenvalue weighted by Crippen LogP contribution is 2.50. The van der Waals surface area contributed by atoms with E-state index in [1.54, 1.807) is 6.92 Å². The molecule has 0 aromatic carbocycles. The van der Waals surface area contributed by atoms with Crippen molar-refractivity contribution < 1.29 is 18.3 Å². The second-order valence-electron chi connectivity index (χ2n) is 4.82. The van der Waals surface area contributed by atoms with E-state index in [1.165, 1.54) is 0 Å². The van der Waals surface area contributed by atoms with Crippen molar-refractivity contribution in [3.63, 3.8) is 0 Å². The van der Waals surface area contributed by atoms with Gasteiger partial charge in [-0.1, -0.05) is 15.9 Å². The largest absolute Gasteiger partial charge is 0.465 e. The molecule has 1 aliphatic carbocycles. The summed E-state index contributed by atoms with van der Waals surface area (Å²) < 4.78 is 31.1. The minimum atomic E-state index is -2.97. The maximum absolute atomic E-state index is 13.1. The number of carbonyl (C=O) groups excluding carboxylic acids is 1. The Bertz CT molecular complexity index is 381. The molecule has 3 nitrogen and oxygen atoms in total. The van der Waals surface area contributed by atoms with E-state index in [9.17, 15) is 18.8 Å². The molecule has 0 radical (unpaired) electrons. The second-order valence-corrected chi connectivity index (χ2v) is 6.62. The van der Waals surface area contributed by atoms with Gasteiger partial charge in [0.1, 0.15) is 0 Å². The summed E-state index contributed by atoms with van der Waals surface area (Å²) in [7, 11) is 0. The summed E-state index contributed by atoms with van der Waals surface area (Å²) in [4.78, 5) is 8.94. The Balaban J connectivity index is 2.90. The number of hydrogen-bond acceptors (Lipinski definition) is 3. The topological polar surface area (TPSA) is 50.1 Å². The molecule has 0 heterocycles. The summed E-state index contributed by atoms with van der Waals surface area (Å²) in [5, 5.41) is 9.77. The standard InChI is InChI=1S/C12H15Br2F2NO2/c1-2-19-10(18)11(7-17)3-8(5-12(14,15)16)9(4-11)6-13/h8-9H,2-6H2,1H3. The Labute approximate surface area is 127 Å². The van der Waals surface area contributed by atoms with Crippen molar-refractivity contribution in [3.05, 3.63) is 0 Å². The first-order valence-corrected chi connectivity index (χ1v) is 7.90. The summed E-state index contributed by atoms with van der Waals surface area (Å²) in [6.45, 7) is 1.84. The molecule has 7 heteroatoms. The van der Waals surface area contributed by atoms with Crippen LogP contribution < -0.4 is 0 Å². The van der Waals surface area contributed by atoms with E-state index in [0.717, 1.165) is 0 Å². The van der Waals surface area contributed by atoms with E-state index >= 15 is 0 Å². The minimum Gasteiger partial charge on any atom is -0.465 e. The van der Waals surface area contributed by atoms with Crippen LogP contribution in [0.1, 0.15) is 26.2 Å². The molecule has 0 N–H and O–H groups in total. The first-order valence-electron chi connectivity index (χ1n) is 5.99. The SMILES string of the molecule is CCOC(=O)C1(C#N)CC(CBr)C(CC(F)(F)Br)C1. The zero-order valence-electron chi connectivity index (χ0n) is 10.5. The molecule has 0 spiro atoms. The van der Waals surface area contributed by atoms with Crippen LogP contribution >= 0.6 is 31.9 Å². The van der Waals surface area contributed by atoms with Gasteiger partial charge in [0.2, 0.25) is 0 Å². The fraction of sp³-hybridized carbons (Fsp3) is 0.833. The maximum Gasteiger partial charge on any atom is 0.326 e. The van der Waals surface area contributed by atoms with Gasteiger partial charge in [-0.2, -0.15) is 14.0 Å². The number of esters is 1. The molecule has 19 heavy (non-hydrogen) atoms. The van der Waals surface area contributed by atoms with Crippen LogP contribution in [0.15, 0.2) is 0 Å². The van der Waals surface area contributed by atoms with Gasteiger partial charge >= 0.3 is 10.8 Å². The van der Waals surface area contributed by atoms with Gasteiger partial charge in [0.05, 0.1) is 12.7 Å². The van der Waals surface area contributed by atoms with Crippen molar-refractivity contribution >= 4 is 37.8 Å². The van der Waals surface area contributed by atoms with E-state index in [-0.39, 0.29) is 31.8 Å². The van der Waals surface area contributed by atoms with Crippen molar-refractivity contribution in [2.75, 3.05) is 11.9 Å². The van der Waals surface area contributed by atoms with Gasteiger partial charge in [0.15, 0.2) is 5.41 Å². The normalized spacial score (nSPS) is 30.9. The molecule has 0 aromatic heterocycles. The predicted octanol–water partition coefficient (Wildman–Crippen LogP) is 3.86. The quantitative estimate of drug-likeness (QED) is 0.518. The lowest BCUT2D eigenvalue weighted by molar-refractivity contribution is -0.152. The molecule has 1 aliphatic rings. The fourth-order valence-electron chi connectivity index (χ4n) is 2.60. The first kappa shape index (κ1) is 16.8. The summed E-state index contributed by atoms with van der Waals surface area (Å²) in [6.07, 6.45) is 0.00716. The summed E-state index contributed by atoms with van der Waals surface area (Å²) in [6, 6.07) is 1.99. The average Bonchev–Trinajstić information content (AvgIpc) is 2.66. The van der Waals surface area contributed by atoms with Gasteiger partial charge in [-0.05, 0) is 47.5 Å². The number of halogens is 4. The number of ether oxygens (including phenoxy) is 1. The van der Waals surface area contributed by atoms with Crippen LogP contribution in [-0.2, 0) is 9.53 Å². The molecule has 0 aromatic rings. The number of hydrogen-bond donors (Lipinski definition) is 0. The van der Waals surface area contributed by atoms with Crippen LogP contribution in [0.5, 0.6) is 0 Å². The highest BCUT2D eigenvalue weighted by atomic mass is 79.9. The molecule has 1 fully saturated rings. The maximum atomic E-state index is 13.1. The molecule has 0 aliphatic heterocycles. The molecular weight excluding hydrogens is 388 g/mol. The molecule has 3 unspecified atom stereocenters. The van der Waals surface area contributed by atoms with Gasteiger partial charge in [0.25, 0.3) is 0 Å². The molecule has 1 saturated carbocycles. The summed E-state index contributed by atoms with van der Waals surface area (Å²) in [5.74, 6) is -1.12. The third-order valence-electron chi connectivity index (χ3n) is 3.46. The molecule has 0 bridgehead atoms. The van der Waals surface area contributed by atoms with E-state index in [2.05, 4.69) is 31.9 Å². The van der Waals surface area contributed by atoms with Crippen molar-refractivity contribution in [2.45, 2.75) is 31.0 Å². The van der Waals surface area contributed by atoms with Crippen LogP contribution in [0.25, 0.3) is 0 Å². The number of carbonyl (C=O) groups is 1. The van der Waals surface area contributed by atoms with Crippen molar-refractivity contribution in [3.8, 4) is 6.07 Å². The zero-order valence-corrected chi connectivity index (χ0v) is 13.6. The third-order valence-corrected chi connectivity index (χ3v) is 4.62. The van der Waals surface area contributed by atoms with Gasteiger partial charge in [-0.25, -0.2) is 0 Å². The smallest absolute Gasteiger partial charge is 0.326 e. The number of alkyl halides is 4. The number of rotatable bonds is 5.